The monoisotopic (exact) mass is 318 g/mol. The minimum absolute atomic E-state index is 0.283. The van der Waals surface area contributed by atoms with Gasteiger partial charge in [-0.3, -0.25) is 9.59 Å². The number of hydrogen-bond donors (Lipinski definition) is 2. The molecule has 0 fully saturated rings. The van der Waals surface area contributed by atoms with E-state index in [4.69, 9.17) is 16.3 Å². The third kappa shape index (κ3) is 3.38. The van der Waals surface area contributed by atoms with Gasteiger partial charge in [-0.15, -0.1) is 0 Å². The highest BCUT2D eigenvalue weighted by Crippen LogP contribution is 2.24. The molecule has 0 aliphatic carbocycles. The lowest BCUT2D eigenvalue weighted by atomic mass is 10.1. The van der Waals surface area contributed by atoms with Crippen LogP contribution in [-0.4, -0.2) is 26.0 Å². The van der Waals surface area contributed by atoms with Crippen molar-refractivity contribution in [2.24, 2.45) is 0 Å². The molecule has 0 aliphatic rings. The molecule has 22 heavy (non-hydrogen) atoms. The van der Waals surface area contributed by atoms with E-state index in [1.165, 1.54) is 20.2 Å². The Labute approximate surface area is 133 Å². The van der Waals surface area contributed by atoms with Crippen LogP contribution in [0, 0.1) is 0 Å². The fourth-order valence-electron chi connectivity index (χ4n) is 1.97. The summed E-state index contributed by atoms with van der Waals surface area (Å²) in [5, 5.41) is 5.66. The van der Waals surface area contributed by atoms with Crippen LogP contribution >= 0.6 is 11.6 Å². The molecule has 2 N–H and O–H groups in total. The molecule has 0 saturated carbocycles. The van der Waals surface area contributed by atoms with Crippen LogP contribution in [0.15, 0.2) is 42.5 Å². The van der Waals surface area contributed by atoms with Gasteiger partial charge in [-0.25, -0.2) is 0 Å². The van der Waals surface area contributed by atoms with Gasteiger partial charge in [0.15, 0.2) is 0 Å². The number of carbonyl (C=O) groups is 2. The number of benzene rings is 2. The highest BCUT2D eigenvalue weighted by Gasteiger charge is 2.16. The van der Waals surface area contributed by atoms with Gasteiger partial charge in [0.05, 0.1) is 23.9 Å². The third-order valence-corrected chi connectivity index (χ3v) is 3.29. The Balaban J connectivity index is 2.34. The van der Waals surface area contributed by atoms with Crippen molar-refractivity contribution in [2.45, 2.75) is 0 Å². The molecule has 0 saturated heterocycles. The SMILES string of the molecule is CNC(=O)c1ccccc1NC(=O)c1cc(Cl)ccc1OC. The number of methoxy groups -OCH3 is 1. The summed E-state index contributed by atoms with van der Waals surface area (Å²) in [6, 6.07) is 11.5. The van der Waals surface area contributed by atoms with Gasteiger partial charge in [0.25, 0.3) is 11.8 Å². The average Bonchev–Trinajstić information content (AvgIpc) is 2.54. The quantitative estimate of drug-likeness (QED) is 0.910. The Morgan fingerprint density at radius 3 is 2.45 bits per heavy atom. The minimum Gasteiger partial charge on any atom is -0.496 e. The molecule has 0 aliphatic heterocycles. The number of anilines is 1. The maximum Gasteiger partial charge on any atom is 0.259 e. The first-order chi connectivity index (χ1) is 10.6. The van der Waals surface area contributed by atoms with Crippen molar-refractivity contribution in [1.29, 1.82) is 0 Å². The average molecular weight is 319 g/mol. The number of amides is 2. The summed E-state index contributed by atoms with van der Waals surface area (Å²) in [6.45, 7) is 0. The molecule has 0 radical (unpaired) electrons. The molecule has 0 unspecified atom stereocenters. The Morgan fingerprint density at radius 1 is 1.05 bits per heavy atom. The molecule has 0 aromatic heterocycles. The molecular formula is C16H15ClN2O3. The van der Waals surface area contributed by atoms with Crippen LogP contribution in [0.5, 0.6) is 5.75 Å². The van der Waals surface area contributed by atoms with Crippen LogP contribution < -0.4 is 15.4 Å². The first-order valence-corrected chi connectivity index (χ1v) is 6.90. The van der Waals surface area contributed by atoms with E-state index in [1.54, 1.807) is 36.4 Å². The molecule has 6 heteroatoms. The maximum absolute atomic E-state index is 12.4. The number of carbonyl (C=O) groups excluding carboxylic acids is 2. The molecule has 0 heterocycles. The number of hydrogen-bond acceptors (Lipinski definition) is 3. The van der Waals surface area contributed by atoms with Crippen LogP contribution in [0.3, 0.4) is 0 Å². The zero-order valence-corrected chi connectivity index (χ0v) is 12.9. The van der Waals surface area contributed by atoms with Gasteiger partial charge in [0.1, 0.15) is 5.75 Å². The lowest BCUT2D eigenvalue weighted by molar-refractivity contribution is 0.0964. The van der Waals surface area contributed by atoms with Crippen LogP contribution in [0.2, 0.25) is 5.02 Å². The highest BCUT2D eigenvalue weighted by atomic mass is 35.5. The smallest absolute Gasteiger partial charge is 0.259 e. The largest absolute Gasteiger partial charge is 0.496 e. The number of nitrogens with one attached hydrogen (secondary N) is 2. The first kappa shape index (κ1) is 15.9. The van der Waals surface area contributed by atoms with Crippen molar-refractivity contribution >= 4 is 29.1 Å². The molecule has 0 spiro atoms. The molecule has 2 amide bonds. The van der Waals surface area contributed by atoms with Crippen molar-refractivity contribution in [3.8, 4) is 5.75 Å². The lowest BCUT2D eigenvalue weighted by Gasteiger charge is -2.12. The van der Waals surface area contributed by atoms with Crippen molar-refractivity contribution < 1.29 is 14.3 Å². The summed E-state index contributed by atoms with van der Waals surface area (Å²) in [5.74, 6) is -0.288. The molecule has 2 rings (SSSR count). The second kappa shape index (κ2) is 6.95. The summed E-state index contributed by atoms with van der Waals surface area (Å²) in [7, 11) is 3.00. The number of halogens is 1. The topological polar surface area (TPSA) is 67.4 Å². The van der Waals surface area contributed by atoms with E-state index in [1.807, 2.05) is 0 Å². The van der Waals surface area contributed by atoms with Crippen molar-refractivity contribution in [3.05, 3.63) is 58.6 Å². The number of para-hydroxylation sites is 1. The summed E-state index contributed by atoms with van der Waals surface area (Å²) >= 11 is 5.93. The summed E-state index contributed by atoms with van der Waals surface area (Å²) in [6.07, 6.45) is 0. The molecule has 0 bridgehead atoms. The summed E-state index contributed by atoms with van der Waals surface area (Å²) in [5.41, 5.74) is 1.08. The number of rotatable bonds is 4. The molecule has 2 aromatic rings. The van der Waals surface area contributed by atoms with Gasteiger partial charge in [-0.2, -0.15) is 0 Å². The van der Waals surface area contributed by atoms with E-state index in [0.29, 0.717) is 27.6 Å². The van der Waals surface area contributed by atoms with E-state index in [-0.39, 0.29) is 5.91 Å². The minimum atomic E-state index is -0.407. The molecule has 114 valence electrons. The van der Waals surface area contributed by atoms with Crippen LogP contribution in [0.1, 0.15) is 20.7 Å². The second-order valence-electron chi connectivity index (χ2n) is 4.42. The van der Waals surface area contributed by atoms with Crippen molar-refractivity contribution in [1.82, 2.24) is 5.32 Å². The second-order valence-corrected chi connectivity index (χ2v) is 4.86. The van der Waals surface area contributed by atoms with E-state index in [9.17, 15) is 9.59 Å². The molecule has 5 nitrogen and oxygen atoms in total. The van der Waals surface area contributed by atoms with Crippen LogP contribution in [0.4, 0.5) is 5.69 Å². The van der Waals surface area contributed by atoms with Crippen molar-refractivity contribution in [2.75, 3.05) is 19.5 Å². The first-order valence-electron chi connectivity index (χ1n) is 6.52. The third-order valence-electron chi connectivity index (χ3n) is 3.05. The normalized spacial score (nSPS) is 9.95. The van der Waals surface area contributed by atoms with Gasteiger partial charge in [0, 0.05) is 12.1 Å². The van der Waals surface area contributed by atoms with Gasteiger partial charge in [-0.05, 0) is 30.3 Å². The van der Waals surface area contributed by atoms with Crippen LogP contribution in [0.25, 0.3) is 0 Å². The fourth-order valence-corrected chi connectivity index (χ4v) is 2.14. The van der Waals surface area contributed by atoms with Crippen molar-refractivity contribution in [3.63, 3.8) is 0 Å². The lowest BCUT2D eigenvalue weighted by Crippen LogP contribution is -2.21. The Bertz CT molecular complexity index is 716. The molecule has 2 aromatic carbocycles. The fraction of sp³-hybridized carbons (Fsp3) is 0.125. The molecule has 0 atom stereocenters. The molecular weight excluding hydrogens is 304 g/mol. The van der Waals surface area contributed by atoms with Gasteiger partial charge in [0.2, 0.25) is 0 Å². The van der Waals surface area contributed by atoms with Gasteiger partial charge >= 0.3 is 0 Å². The standard InChI is InChI=1S/C16H15ClN2O3/c1-18-15(20)11-5-3-4-6-13(11)19-16(21)12-9-10(17)7-8-14(12)22-2/h3-9H,1-2H3,(H,18,20)(H,19,21). The zero-order chi connectivity index (χ0) is 16.1. The van der Waals surface area contributed by atoms with E-state index >= 15 is 0 Å². The van der Waals surface area contributed by atoms with Gasteiger partial charge in [-0.1, -0.05) is 23.7 Å². The Kier molecular flexibility index (Phi) is 5.01. The predicted molar refractivity (Wildman–Crippen MR) is 85.8 cm³/mol. The summed E-state index contributed by atoms with van der Waals surface area (Å²) in [4.78, 5) is 24.2. The maximum atomic E-state index is 12.4. The van der Waals surface area contributed by atoms with Crippen LogP contribution in [-0.2, 0) is 0 Å². The van der Waals surface area contributed by atoms with Gasteiger partial charge < -0.3 is 15.4 Å². The number of ether oxygens (including phenoxy) is 1. The van der Waals surface area contributed by atoms with E-state index in [2.05, 4.69) is 10.6 Å². The Morgan fingerprint density at radius 2 is 1.77 bits per heavy atom. The summed E-state index contributed by atoms with van der Waals surface area (Å²) < 4.78 is 5.16. The Hall–Kier alpha value is -2.53. The zero-order valence-electron chi connectivity index (χ0n) is 12.1. The van der Waals surface area contributed by atoms with E-state index < -0.39 is 5.91 Å². The van der Waals surface area contributed by atoms with E-state index in [0.717, 1.165) is 0 Å². The highest BCUT2D eigenvalue weighted by molar-refractivity contribution is 6.31. The predicted octanol–water partition coefficient (Wildman–Crippen LogP) is 2.96.